The van der Waals surface area contributed by atoms with Gasteiger partial charge < -0.3 is 10.2 Å². The maximum Gasteiger partial charge on any atom is 0.120 e. The van der Waals surface area contributed by atoms with Crippen LogP contribution >= 0.6 is 0 Å². The summed E-state index contributed by atoms with van der Waals surface area (Å²) in [5.74, 6) is 1.63. The molecule has 0 bridgehead atoms. The Morgan fingerprint density at radius 1 is 1.38 bits per heavy atom. The molecule has 2 nitrogen and oxygen atoms in total. The summed E-state index contributed by atoms with van der Waals surface area (Å²) in [5, 5.41) is 0. The molecule has 1 aromatic heterocycles. The number of furan rings is 1. The van der Waals surface area contributed by atoms with Crippen LogP contribution in [-0.4, -0.2) is 0 Å². The minimum Gasteiger partial charge on any atom is -0.468 e. The van der Waals surface area contributed by atoms with E-state index in [1.807, 2.05) is 12.1 Å². The van der Waals surface area contributed by atoms with Crippen molar-refractivity contribution in [2.24, 2.45) is 11.7 Å². The number of rotatable bonds is 5. The zero-order valence-electron chi connectivity index (χ0n) is 8.49. The predicted octanol–water partition coefficient (Wildman–Crippen LogP) is 3.11. The van der Waals surface area contributed by atoms with Gasteiger partial charge in [-0.3, -0.25) is 0 Å². The molecule has 0 radical (unpaired) electrons. The molecule has 0 saturated carbocycles. The summed E-state index contributed by atoms with van der Waals surface area (Å²) in [6.07, 6.45) is 5.11. The molecule has 0 aliphatic heterocycles. The maximum atomic E-state index is 6.00. The van der Waals surface area contributed by atoms with Crippen molar-refractivity contribution >= 4 is 0 Å². The molecule has 1 heterocycles. The summed E-state index contributed by atoms with van der Waals surface area (Å²) in [6.45, 7) is 4.42. The van der Waals surface area contributed by atoms with Gasteiger partial charge >= 0.3 is 0 Å². The lowest BCUT2D eigenvalue weighted by Crippen LogP contribution is -2.14. The highest BCUT2D eigenvalue weighted by Crippen LogP contribution is 2.23. The first-order valence-corrected chi connectivity index (χ1v) is 5.06. The van der Waals surface area contributed by atoms with Crippen LogP contribution in [0.3, 0.4) is 0 Å². The minimum atomic E-state index is 0.0694. The minimum absolute atomic E-state index is 0.0694. The zero-order chi connectivity index (χ0) is 9.68. The van der Waals surface area contributed by atoms with Crippen LogP contribution in [0.5, 0.6) is 0 Å². The lowest BCUT2D eigenvalue weighted by molar-refractivity contribution is 0.371. The van der Waals surface area contributed by atoms with Gasteiger partial charge in [0.15, 0.2) is 0 Å². The average Bonchev–Trinajstić information content (AvgIpc) is 2.66. The number of nitrogens with two attached hydrogens (primary N) is 1. The summed E-state index contributed by atoms with van der Waals surface area (Å²) in [4.78, 5) is 0. The largest absolute Gasteiger partial charge is 0.468 e. The lowest BCUT2D eigenvalue weighted by Gasteiger charge is -2.16. The van der Waals surface area contributed by atoms with Crippen molar-refractivity contribution in [3.63, 3.8) is 0 Å². The second-order valence-electron chi connectivity index (χ2n) is 3.54. The van der Waals surface area contributed by atoms with E-state index in [2.05, 4.69) is 13.8 Å². The Morgan fingerprint density at radius 3 is 2.54 bits per heavy atom. The van der Waals surface area contributed by atoms with Crippen molar-refractivity contribution in [2.75, 3.05) is 0 Å². The molecule has 0 spiro atoms. The average molecular weight is 181 g/mol. The molecule has 0 aliphatic rings. The van der Waals surface area contributed by atoms with E-state index in [9.17, 15) is 0 Å². The fourth-order valence-corrected chi connectivity index (χ4v) is 1.60. The lowest BCUT2D eigenvalue weighted by atomic mass is 9.94. The van der Waals surface area contributed by atoms with Gasteiger partial charge in [-0.15, -0.1) is 0 Å². The second kappa shape index (κ2) is 5.07. The van der Waals surface area contributed by atoms with E-state index in [0.29, 0.717) is 0 Å². The molecular formula is C11H19NO. The summed E-state index contributed by atoms with van der Waals surface area (Å²) in [6, 6.07) is 3.91. The van der Waals surface area contributed by atoms with E-state index in [0.717, 1.165) is 18.1 Å². The first-order chi connectivity index (χ1) is 6.27. The summed E-state index contributed by atoms with van der Waals surface area (Å²) in [7, 11) is 0. The Hall–Kier alpha value is -0.760. The molecule has 1 aromatic rings. The Balaban J connectivity index is 2.45. The van der Waals surface area contributed by atoms with E-state index in [4.69, 9.17) is 10.2 Å². The van der Waals surface area contributed by atoms with E-state index >= 15 is 0 Å². The third-order valence-corrected chi connectivity index (χ3v) is 2.65. The van der Waals surface area contributed by atoms with Crippen molar-refractivity contribution in [1.82, 2.24) is 0 Å². The molecule has 0 unspecified atom stereocenters. The van der Waals surface area contributed by atoms with Crippen LogP contribution in [0.15, 0.2) is 22.8 Å². The smallest absolute Gasteiger partial charge is 0.120 e. The summed E-state index contributed by atoms with van der Waals surface area (Å²) < 4.78 is 5.26. The number of hydrogen-bond donors (Lipinski definition) is 1. The van der Waals surface area contributed by atoms with Crippen molar-refractivity contribution < 1.29 is 4.42 Å². The fraction of sp³-hybridized carbons (Fsp3) is 0.636. The van der Waals surface area contributed by atoms with Crippen LogP contribution in [0.25, 0.3) is 0 Å². The fourth-order valence-electron chi connectivity index (χ4n) is 1.60. The van der Waals surface area contributed by atoms with Crippen LogP contribution in [0, 0.1) is 5.92 Å². The first kappa shape index (κ1) is 10.3. The molecule has 1 rings (SSSR count). The van der Waals surface area contributed by atoms with E-state index in [-0.39, 0.29) is 6.04 Å². The Bertz CT molecular complexity index is 214. The van der Waals surface area contributed by atoms with E-state index in [1.165, 1.54) is 12.8 Å². The third kappa shape index (κ3) is 2.88. The molecule has 0 aromatic carbocycles. The van der Waals surface area contributed by atoms with E-state index < -0.39 is 0 Å². The van der Waals surface area contributed by atoms with Gasteiger partial charge in [0.25, 0.3) is 0 Å². The Morgan fingerprint density at radius 2 is 2.08 bits per heavy atom. The van der Waals surface area contributed by atoms with Gasteiger partial charge in [-0.1, -0.05) is 26.7 Å². The summed E-state index contributed by atoms with van der Waals surface area (Å²) in [5.41, 5.74) is 6.00. The van der Waals surface area contributed by atoms with Crippen LogP contribution in [0.1, 0.15) is 44.9 Å². The van der Waals surface area contributed by atoms with Gasteiger partial charge in [-0.2, -0.15) is 0 Å². The van der Waals surface area contributed by atoms with Gasteiger partial charge in [-0.25, -0.2) is 0 Å². The molecule has 2 heteroatoms. The highest BCUT2D eigenvalue weighted by atomic mass is 16.3. The van der Waals surface area contributed by atoms with E-state index in [1.54, 1.807) is 6.26 Å². The molecule has 0 saturated heterocycles. The highest BCUT2D eigenvalue weighted by Gasteiger charge is 2.13. The molecule has 0 amide bonds. The van der Waals surface area contributed by atoms with Crippen LogP contribution in [0.2, 0.25) is 0 Å². The van der Waals surface area contributed by atoms with Crippen molar-refractivity contribution in [3.05, 3.63) is 24.2 Å². The van der Waals surface area contributed by atoms with Crippen molar-refractivity contribution in [1.29, 1.82) is 0 Å². The highest BCUT2D eigenvalue weighted by molar-refractivity contribution is 5.03. The van der Waals surface area contributed by atoms with Gasteiger partial charge in [0.2, 0.25) is 0 Å². The zero-order valence-corrected chi connectivity index (χ0v) is 8.49. The van der Waals surface area contributed by atoms with Crippen LogP contribution in [0.4, 0.5) is 0 Å². The Kier molecular flexibility index (Phi) is 4.03. The molecule has 0 aliphatic carbocycles. The van der Waals surface area contributed by atoms with Gasteiger partial charge in [0, 0.05) is 0 Å². The SMILES string of the molecule is CCC(CC)C[C@H](N)c1ccco1. The molecule has 74 valence electrons. The molecule has 13 heavy (non-hydrogen) atoms. The maximum absolute atomic E-state index is 6.00. The van der Waals surface area contributed by atoms with Gasteiger partial charge in [-0.05, 0) is 24.5 Å². The molecule has 2 N–H and O–H groups in total. The monoisotopic (exact) mass is 181 g/mol. The van der Waals surface area contributed by atoms with Gasteiger partial charge in [0.1, 0.15) is 5.76 Å². The van der Waals surface area contributed by atoms with Crippen molar-refractivity contribution in [3.8, 4) is 0 Å². The van der Waals surface area contributed by atoms with Crippen LogP contribution < -0.4 is 5.73 Å². The normalized spacial score (nSPS) is 13.5. The predicted molar refractivity (Wildman–Crippen MR) is 54.3 cm³/mol. The molecule has 0 fully saturated rings. The first-order valence-electron chi connectivity index (χ1n) is 5.06. The van der Waals surface area contributed by atoms with Crippen LogP contribution in [-0.2, 0) is 0 Å². The Labute approximate surface area is 80.1 Å². The van der Waals surface area contributed by atoms with Gasteiger partial charge in [0.05, 0.1) is 12.3 Å². The third-order valence-electron chi connectivity index (χ3n) is 2.65. The van der Waals surface area contributed by atoms with Crippen molar-refractivity contribution in [2.45, 2.75) is 39.2 Å². The molecular weight excluding hydrogens is 162 g/mol. The molecule has 1 atom stereocenters. The standard InChI is InChI=1S/C11H19NO/c1-3-9(4-2)8-10(12)11-6-5-7-13-11/h5-7,9-10H,3-4,8,12H2,1-2H3/t10-/m0/s1. The number of hydrogen-bond acceptors (Lipinski definition) is 2. The second-order valence-corrected chi connectivity index (χ2v) is 3.54. The summed E-state index contributed by atoms with van der Waals surface area (Å²) >= 11 is 0. The topological polar surface area (TPSA) is 39.2 Å². The quantitative estimate of drug-likeness (QED) is 0.758.